The zero-order valence-corrected chi connectivity index (χ0v) is 14.5. The molecule has 0 unspecified atom stereocenters. The van der Waals surface area contributed by atoms with Crippen molar-refractivity contribution in [3.63, 3.8) is 0 Å². The monoisotopic (exact) mass is 348 g/mol. The molecule has 4 nitrogen and oxygen atoms in total. The van der Waals surface area contributed by atoms with Gasteiger partial charge in [-0.2, -0.15) is 0 Å². The molecule has 132 valence electrons. The van der Waals surface area contributed by atoms with Gasteiger partial charge in [0.2, 0.25) is 0 Å². The predicted molar refractivity (Wildman–Crippen MR) is 100 cm³/mol. The second kappa shape index (κ2) is 6.30. The van der Waals surface area contributed by atoms with Gasteiger partial charge in [0.05, 0.1) is 7.11 Å². The van der Waals surface area contributed by atoms with Gasteiger partial charge in [-0.05, 0) is 59.4 Å². The molecule has 4 rings (SSSR count). The molecule has 0 atom stereocenters. The van der Waals surface area contributed by atoms with E-state index in [2.05, 4.69) is 0 Å². The van der Waals surface area contributed by atoms with Gasteiger partial charge in [0.1, 0.15) is 23.0 Å². The quantitative estimate of drug-likeness (QED) is 0.664. The maximum atomic E-state index is 10.6. The van der Waals surface area contributed by atoms with Crippen molar-refractivity contribution in [1.29, 1.82) is 0 Å². The standard InChI is InChI=1S/C22H20O4/c1-26-21-12-20(25)22-17-9-7-16(24)11-14(17)4-8-18(22)19(21)10-13-2-5-15(23)6-3-13/h2-3,5-7,9,11-12,23-25H,4,8,10H2,1H3. The number of aromatic hydroxyl groups is 3. The molecular weight excluding hydrogens is 328 g/mol. The van der Waals surface area contributed by atoms with E-state index in [1.807, 2.05) is 18.2 Å². The highest BCUT2D eigenvalue weighted by atomic mass is 16.5. The number of fused-ring (bicyclic) bond motifs is 3. The molecule has 0 amide bonds. The molecule has 3 aromatic rings. The van der Waals surface area contributed by atoms with Crippen LogP contribution in [0.3, 0.4) is 0 Å². The Bertz CT molecular complexity index is 974. The topological polar surface area (TPSA) is 69.9 Å². The molecule has 26 heavy (non-hydrogen) atoms. The lowest BCUT2D eigenvalue weighted by atomic mass is 9.81. The Balaban J connectivity index is 1.88. The summed E-state index contributed by atoms with van der Waals surface area (Å²) in [6.45, 7) is 0. The number of benzene rings is 3. The van der Waals surface area contributed by atoms with Crippen molar-refractivity contribution >= 4 is 0 Å². The number of phenols is 3. The van der Waals surface area contributed by atoms with Crippen LogP contribution >= 0.6 is 0 Å². The number of methoxy groups -OCH3 is 1. The van der Waals surface area contributed by atoms with E-state index in [0.717, 1.165) is 46.2 Å². The summed E-state index contributed by atoms with van der Waals surface area (Å²) in [7, 11) is 1.61. The lowest BCUT2D eigenvalue weighted by Gasteiger charge is -2.25. The maximum Gasteiger partial charge on any atom is 0.127 e. The number of phenolic OH excluding ortho intramolecular Hbond substituents is 3. The molecule has 3 aromatic carbocycles. The minimum Gasteiger partial charge on any atom is -0.508 e. The molecule has 0 heterocycles. The van der Waals surface area contributed by atoms with E-state index < -0.39 is 0 Å². The SMILES string of the molecule is COc1cc(O)c2c(c1Cc1ccc(O)cc1)CCc1cc(O)ccc1-2. The first-order chi connectivity index (χ1) is 12.6. The van der Waals surface area contributed by atoms with E-state index in [4.69, 9.17) is 4.74 Å². The summed E-state index contributed by atoms with van der Waals surface area (Å²) < 4.78 is 5.55. The smallest absolute Gasteiger partial charge is 0.127 e. The largest absolute Gasteiger partial charge is 0.508 e. The van der Waals surface area contributed by atoms with Gasteiger partial charge >= 0.3 is 0 Å². The minimum atomic E-state index is 0.193. The summed E-state index contributed by atoms with van der Waals surface area (Å²) in [4.78, 5) is 0. The molecule has 0 saturated heterocycles. The lowest BCUT2D eigenvalue weighted by Crippen LogP contribution is -2.09. The minimum absolute atomic E-state index is 0.193. The maximum absolute atomic E-state index is 10.6. The molecule has 0 radical (unpaired) electrons. The van der Waals surface area contributed by atoms with E-state index in [0.29, 0.717) is 12.2 Å². The van der Waals surface area contributed by atoms with E-state index in [-0.39, 0.29) is 17.2 Å². The van der Waals surface area contributed by atoms with Gasteiger partial charge in [-0.25, -0.2) is 0 Å². The number of ether oxygens (including phenoxy) is 1. The molecule has 4 heteroatoms. The normalized spacial score (nSPS) is 12.3. The van der Waals surface area contributed by atoms with Crippen LogP contribution in [0, 0.1) is 0 Å². The zero-order chi connectivity index (χ0) is 18.3. The molecule has 1 aliphatic rings. The Morgan fingerprint density at radius 1 is 0.885 bits per heavy atom. The molecule has 0 saturated carbocycles. The average Bonchev–Trinajstić information content (AvgIpc) is 2.64. The van der Waals surface area contributed by atoms with Crippen molar-refractivity contribution in [1.82, 2.24) is 0 Å². The molecule has 0 spiro atoms. The number of hydrogen-bond acceptors (Lipinski definition) is 4. The number of rotatable bonds is 3. The summed E-state index contributed by atoms with van der Waals surface area (Å²) in [6.07, 6.45) is 2.22. The van der Waals surface area contributed by atoms with Crippen molar-refractivity contribution in [2.24, 2.45) is 0 Å². The molecule has 0 aliphatic heterocycles. The van der Waals surface area contributed by atoms with Gasteiger partial charge < -0.3 is 20.1 Å². The number of hydrogen-bond donors (Lipinski definition) is 3. The third kappa shape index (κ3) is 2.73. The fraction of sp³-hybridized carbons (Fsp3) is 0.182. The van der Waals surface area contributed by atoms with Crippen molar-refractivity contribution < 1.29 is 20.1 Å². The zero-order valence-electron chi connectivity index (χ0n) is 14.5. The molecule has 0 fully saturated rings. The van der Waals surface area contributed by atoms with Gasteiger partial charge in [-0.15, -0.1) is 0 Å². The van der Waals surface area contributed by atoms with Crippen molar-refractivity contribution in [2.75, 3.05) is 7.11 Å². The van der Waals surface area contributed by atoms with Crippen LogP contribution in [0.15, 0.2) is 48.5 Å². The van der Waals surface area contributed by atoms with Gasteiger partial charge in [-0.1, -0.05) is 18.2 Å². The second-order valence-electron chi connectivity index (χ2n) is 6.61. The van der Waals surface area contributed by atoms with E-state index >= 15 is 0 Å². The van der Waals surface area contributed by atoms with Crippen LogP contribution < -0.4 is 4.74 Å². The van der Waals surface area contributed by atoms with Crippen molar-refractivity contribution in [3.8, 4) is 34.1 Å². The number of aryl methyl sites for hydroxylation is 1. The summed E-state index contributed by atoms with van der Waals surface area (Å²) >= 11 is 0. The lowest BCUT2D eigenvalue weighted by molar-refractivity contribution is 0.402. The first kappa shape index (κ1) is 16.3. The van der Waals surface area contributed by atoms with Crippen molar-refractivity contribution in [2.45, 2.75) is 19.3 Å². The molecule has 0 aromatic heterocycles. The third-order valence-electron chi connectivity index (χ3n) is 5.03. The van der Waals surface area contributed by atoms with Crippen LogP contribution in [0.1, 0.15) is 22.3 Å². The molecule has 0 bridgehead atoms. The Kier molecular flexibility index (Phi) is 3.96. The van der Waals surface area contributed by atoms with E-state index in [9.17, 15) is 15.3 Å². The highest BCUT2D eigenvalue weighted by molar-refractivity contribution is 5.81. The van der Waals surface area contributed by atoms with Crippen LogP contribution in [0.2, 0.25) is 0 Å². The van der Waals surface area contributed by atoms with Crippen LogP contribution in [-0.4, -0.2) is 22.4 Å². The highest BCUT2D eigenvalue weighted by Gasteiger charge is 2.25. The van der Waals surface area contributed by atoms with Crippen LogP contribution in [-0.2, 0) is 19.3 Å². The third-order valence-corrected chi connectivity index (χ3v) is 5.03. The Labute approximate surface area is 151 Å². The van der Waals surface area contributed by atoms with Gasteiger partial charge in [0.15, 0.2) is 0 Å². The fourth-order valence-corrected chi connectivity index (χ4v) is 3.80. The summed E-state index contributed by atoms with van der Waals surface area (Å²) in [5.74, 6) is 1.33. The Morgan fingerprint density at radius 3 is 2.35 bits per heavy atom. The summed E-state index contributed by atoms with van der Waals surface area (Å²) in [5, 5.41) is 29.9. The Morgan fingerprint density at radius 2 is 1.62 bits per heavy atom. The van der Waals surface area contributed by atoms with Gasteiger partial charge in [-0.3, -0.25) is 0 Å². The summed E-state index contributed by atoms with van der Waals surface area (Å²) in [6, 6.07) is 14.1. The highest BCUT2D eigenvalue weighted by Crippen LogP contribution is 2.45. The van der Waals surface area contributed by atoms with E-state index in [1.54, 1.807) is 37.4 Å². The van der Waals surface area contributed by atoms with E-state index in [1.165, 1.54) is 0 Å². The predicted octanol–water partition coefficient (Wildman–Crippen LogP) is 4.17. The van der Waals surface area contributed by atoms with Crippen molar-refractivity contribution in [3.05, 3.63) is 70.8 Å². The van der Waals surface area contributed by atoms with Crippen LogP contribution in [0.5, 0.6) is 23.0 Å². The first-order valence-corrected chi connectivity index (χ1v) is 8.58. The Hall–Kier alpha value is -3.14. The van der Waals surface area contributed by atoms with Gasteiger partial charge in [0.25, 0.3) is 0 Å². The average molecular weight is 348 g/mol. The molecular formula is C22H20O4. The fourth-order valence-electron chi connectivity index (χ4n) is 3.80. The van der Waals surface area contributed by atoms with Gasteiger partial charge in [0, 0.05) is 23.6 Å². The second-order valence-corrected chi connectivity index (χ2v) is 6.61. The summed E-state index contributed by atoms with van der Waals surface area (Å²) in [5.41, 5.74) is 5.99. The van der Waals surface area contributed by atoms with Crippen LogP contribution in [0.25, 0.3) is 11.1 Å². The molecule has 3 N–H and O–H groups in total. The first-order valence-electron chi connectivity index (χ1n) is 8.58. The molecule has 1 aliphatic carbocycles. The van der Waals surface area contributed by atoms with Crippen LogP contribution in [0.4, 0.5) is 0 Å².